The molecule has 0 spiro atoms. The second kappa shape index (κ2) is 9.04. The molecule has 2 atom stereocenters. The second-order valence-electron chi connectivity index (χ2n) is 7.27. The van der Waals surface area contributed by atoms with Gasteiger partial charge in [0, 0.05) is 6.04 Å². The summed E-state index contributed by atoms with van der Waals surface area (Å²) in [6.45, 7) is 7.50. The van der Waals surface area contributed by atoms with Crippen LogP contribution in [0, 0.1) is 17.2 Å². The zero-order valence-electron chi connectivity index (χ0n) is 15.5. The summed E-state index contributed by atoms with van der Waals surface area (Å²) in [5, 5.41) is 13.9. The van der Waals surface area contributed by atoms with Gasteiger partial charge in [0.25, 0.3) is 0 Å². The number of benzene rings is 1. The number of hydrogen-bond acceptors (Lipinski definition) is 2. The number of nitrogens with zero attached hydrogens (tertiary/aromatic N) is 1. The molecular weight excluding hydrogens is 292 g/mol. The van der Waals surface area contributed by atoms with Crippen molar-refractivity contribution in [1.29, 1.82) is 5.26 Å². The molecule has 0 bridgehead atoms. The lowest BCUT2D eigenvalue weighted by Gasteiger charge is -2.39. The number of nitrogens with one attached hydrogen (secondary N) is 1. The van der Waals surface area contributed by atoms with Gasteiger partial charge in [-0.25, -0.2) is 0 Å². The van der Waals surface area contributed by atoms with E-state index in [0.717, 1.165) is 24.9 Å². The van der Waals surface area contributed by atoms with E-state index >= 15 is 0 Å². The minimum Gasteiger partial charge on any atom is -0.312 e. The lowest BCUT2D eigenvalue weighted by Crippen LogP contribution is -2.51. The van der Waals surface area contributed by atoms with Crippen LogP contribution < -0.4 is 5.32 Å². The van der Waals surface area contributed by atoms with Crippen LogP contribution >= 0.6 is 0 Å². The summed E-state index contributed by atoms with van der Waals surface area (Å²) in [5.41, 5.74) is 2.26. The van der Waals surface area contributed by atoms with Gasteiger partial charge in [-0.1, -0.05) is 62.8 Å². The first kappa shape index (κ1) is 18.7. The molecular formula is C22H32N2. The zero-order chi connectivity index (χ0) is 17.4. The van der Waals surface area contributed by atoms with Crippen molar-refractivity contribution >= 4 is 0 Å². The third-order valence-electron chi connectivity index (χ3n) is 5.53. The minimum atomic E-state index is -0.475. The molecule has 2 unspecified atom stereocenters. The highest BCUT2D eigenvalue weighted by atomic mass is 14.9. The van der Waals surface area contributed by atoms with E-state index in [-0.39, 0.29) is 12.0 Å². The van der Waals surface area contributed by atoms with Crippen molar-refractivity contribution in [3.8, 4) is 6.07 Å². The molecule has 2 nitrogen and oxygen atoms in total. The van der Waals surface area contributed by atoms with Crippen LogP contribution in [-0.2, 0) is 5.41 Å². The summed E-state index contributed by atoms with van der Waals surface area (Å²) in [6.07, 6.45) is 9.66. The molecule has 0 aromatic heterocycles. The van der Waals surface area contributed by atoms with Crippen LogP contribution in [-0.4, -0.2) is 12.6 Å². The first-order valence-electron chi connectivity index (χ1n) is 9.53. The van der Waals surface area contributed by atoms with Gasteiger partial charge in [-0.3, -0.25) is 0 Å². The Morgan fingerprint density at radius 1 is 1.21 bits per heavy atom. The van der Waals surface area contributed by atoms with E-state index < -0.39 is 5.41 Å². The average molecular weight is 325 g/mol. The first-order valence-corrected chi connectivity index (χ1v) is 9.53. The van der Waals surface area contributed by atoms with Crippen molar-refractivity contribution in [2.45, 2.75) is 70.8 Å². The van der Waals surface area contributed by atoms with Crippen molar-refractivity contribution in [1.82, 2.24) is 5.32 Å². The Morgan fingerprint density at radius 3 is 2.50 bits per heavy atom. The molecule has 0 saturated heterocycles. The van der Waals surface area contributed by atoms with Gasteiger partial charge in [-0.15, -0.1) is 0 Å². The predicted octanol–water partition coefficient (Wildman–Crippen LogP) is 5.36. The van der Waals surface area contributed by atoms with E-state index in [1.165, 1.54) is 25.7 Å². The summed E-state index contributed by atoms with van der Waals surface area (Å²) in [4.78, 5) is 0. The van der Waals surface area contributed by atoms with E-state index in [9.17, 15) is 5.26 Å². The standard InChI is InChI=1S/C22H32N2/c1-4-21(24-16-15-19-11-7-5-8-12-19)22(17-23,18(2)3)20-13-9-6-10-14-20/h6,9-11,13-14,18,21,24H,4-5,7-8,12,15-16H2,1-3H3. The molecule has 0 aliphatic heterocycles. The van der Waals surface area contributed by atoms with E-state index in [0.29, 0.717) is 0 Å². The average Bonchev–Trinajstić information content (AvgIpc) is 2.62. The van der Waals surface area contributed by atoms with Crippen LogP contribution in [0.5, 0.6) is 0 Å². The molecule has 130 valence electrons. The Hall–Kier alpha value is -1.59. The van der Waals surface area contributed by atoms with Crippen LogP contribution in [0.15, 0.2) is 42.0 Å². The highest BCUT2D eigenvalue weighted by molar-refractivity contribution is 5.36. The van der Waals surface area contributed by atoms with Gasteiger partial charge in [0.05, 0.1) is 11.5 Å². The molecule has 2 heteroatoms. The third kappa shape index (κ3) is 4.08. The summed E-state index contributed by atoms with van der Waals surface area (Å²) in [6, 6.07) is 13.2. The van der Waals surface area contributed by atoms with Crippen LogP contribution in [0.4, 0.5) is 0 Å². The zero-order valence-corrected chi connectivity index (χ0v) is 15.5. The molecule has 0 heterocycles. The van der Waals surface area contributed by atoms with Crippen molar-refractivity contribution in [3.05, 3.63) is 47.5 Å². The van der Waals surface area contributed by atoms with Gasteiger partial charge < -0.3 is 5.32 Å². The molecule has 0 saturated carbocycles. The van der Waals surface area contributed by atoms with Crippen molar-refractivity contribution in [2.24, 2.45) is 5.92 Å². The Bertz CT molecular complexity index is 567. The van der Waals surface area contributed by atoms with Crippen LogP contribution in [0.2, 0.25) is 0 Å². The quantitative estimate of drug-likeness (QED) is 0.653. The van der Waals surface area contributed by atoms with Gasteiger partial charge in [-0.2, -0.15) is 5.26 Å². The van der Waals surface area contributed by atoms with Gasteiger partial charge in [0.1, 0.15) is 0 Å². The van der Waals surface area contributed by atoms with Crippen molar-refractivity contribution < 1.29 is 0 Å². The van der Waals surface area contributed by atoms with E-state index in [1.807, 2.05) is 18.2 Å². The van der Waals surface area contributed by atoms with E-state index in [2.05, 4.69) is 50.4 Å². The molecule has 1 aliphatic carbocycles. The normalized spacial score (nSPS) is 18.5. The first-order chi connectivity index (χ1) is 11.6. The second-order valence-corrected chi connectivity index (χ2v) is 7.27. The maximum absolute atomic E-state index is 10.1. The summed E-state index contributed by atoms with van der Waals surface area (Å²) in [5.74, 6) is 0.260. The minimum absolute atomic E-state index is 0.175. The Balaban J connectivity index is 2.14. The maximum Gasteiger partial charge on any atom is 0.0997 e. The maximum atomic E-state index is 10.1. The SMILES string of the molecule is CCC(NCCC1=CCCCC1)C(C#N)(c1ccccc1)C(C)C. The monoisotopic (exact) mass is 324 g/mol. The highest BCUT2D eigenvalue weighted by Gasteiger charge is 2.42. The molecule has 1 aromatic rings. The number of rotatable bonds is 8. The molecule has 24 heavy (non-hydrogen) atoms. The molecule has 0 fully saturated rings. The lowest BCUT2D eigenvalue weighted by molar-refractivity contribution is 0.275. The van der Waals surface area contributed by atoms with Gasteiger partial charge >= 0.3 is 0 Å². The summed E-state index contributed by atoms with van der Waals surface area (Å²) >= 11 is 0. The topological polar surface area (TPSA) is 35.8 Å². The van der Waals surface area contributed by atoms with Gasteiger partial charge in [0.15, 0.2) is 0 Å². The molecule has 1 aliphatic rings. The number of nitriles is 1. The lowest BCUT2D eigenvalue weighted by atomic mass is 9.66. The molecule has 1 aromatic carbocycles. The smallest absolute Gasteiger partial charge is 0.0997 e. The fraction of sp³-hybridized carbons (Fsp3) is 0.591. The number of allylic oxidation sites excluding steroid dienone is 1. The molecule has 2 rings (SSSR count). The molecule has 0 amide bonds. The number of hydrogen-bond donors (Lipinski definition) is 1. The van der Waals surface area contributed by atoms with E-state index in [4.69, 9.17) is 0 Å². The van der Waals surface area contributed by atoms with Crippen LogP contribution in [0.3, 0.4) is 0 Å². The summed E-state index contributed by atoms with van der Waals surface area (Å²) < 4.78 is 0. The van der Waals surface area contributed by atoms with Gasteiger partial charge in [0.2, 0.25) is 0 Å². The van der Waals surface area contributed by atoms with Crippen LogP contribution in [0.25, 0.3) is 0 Å². The van der Waals surface area contributed by atoms with Crippen molar-refractivity contribution in [3.63, 3.8) is 0 Å². The fourth-order valence-corrected chi connectivity index (χ4v) is 4.09. The molecule has 0 radical (unpaired) electrons. The molecule has 1 N–H and O–H groups in total. The Kier molecular flexibility index (Phi) is 7.06. The summed E-state index contributed by atoms with van der Waals surface area (Å²) in [7, 11) is 0. The fourth-order valence-electron chi connectivity index (χ4n) is 4.09. The predicted molar refractivity (Wildman–Crippen MR) is 102 cm³/mol. The van der Waals surface area contributed by atoms with Crippen molar-refractivity contribution in [2.75, 3.05) is 6.54 Å². The Labute approximate surface area is 148 Å². The highest BCUT2D eigenvalue weighted by Crippen LogP contribution is 2.36. The van der Waals surface area contributed by atoms with E-state index in [1.54, 1.807) is 5.57 Å². The van der Waals surface area contributed by atoms with Crippen LogP contribution in [0.1, 0.15) is 64.9 Å². The third-order valence-corrected chi connectivity index (χ3v) is 5.53. The van der Waals surface area contributed by atoms with Gasteiger partial charge in [-0.05, 0) is 56.6 Å². The Morgan fingerprint density at radius 2 is 1.96 bits per heavy atom. The largest absolute Gasteiger partial charge is 0.312 e.